The van der Waals surface area contributed by atoms with Crippen molar-refractivity contribution in [1.29, 1.82) is 0 Å². The molecule has 1 unspecified atom stereocenters. The van der Waals surface area contributed by atoms with Crippen LogP contribution in [0, 0.1) is 0 Å². The van der Waals surface area contributed by atoms with Crippen LogP contribution in [0.3, 0.4) is 0 Å². The van der Waals surface area contributed by atoms with Crippen molar-refractivity contribution in [2.24, 2.45) is 0 Å². The third-order valence-corrected chi connectivity index (χ3v) is 3.11. The molecule has 0 radical (unpaired) electrons. The van der Waals surface area contributed by atoms with Gasteiger partial charge in [0.25, 0.3) is 5.91 Å². The number of hydrogen-bond acceptors (Lipinski definition) is 2. The maximum atomic E-state index is 11.8. The van der Waals surface area contributed by atoms with Gasteiger partial charge in [0.2, 0.25) is 0 Å². The largest absolute Gasteiger partial charge is 0.480 e. The van der Waals surface area contributed by atoms with Crippen LogP contribution in [0.15, 0.2) is 24.3 Å². The summed E-state index contributed by atoms with van der Waals surface area (Å²) in [6.45, 7) is 2.86. The average molecular weight is 233 g/mol. The van der Waals surface area contributed by atoms with Gasteiger partial charge in [0.15, 0.2) is 6.10 Å². The summed E-state index contributed by atoms with van der Waals surface area (Å²) in [5.74, 6) is 0.866. The fourth-order valence-corrected chi connectivity index (χ4v) is 2.09. The van der Waals surface area contributed by atoms with E-state index in [0.29, 0.717) is 0 Å². The fraction of sp³-hybridized carbons (Fsp3) is 0.500. The molecule has 0 aromatic heterocycles. The van der Waals surface area contributed by atoms with E-state index in [9.17, 15) is 4.79 Å². The standard InChI is InChI=1S/C14H19NO2/c1-2-11-7-3-4-8-12(11)17-13-9-5-6-10-15-14(13)16/h3-4,7-8,13H,2,5-6,9-10H2,1H3,(H,15,16). The molecule has 2 rings (SSSR count). The van der Waals surface area contributed by atoms with Gasteiger partial charge >= 0.3 is 0 Å². The number of benzene rings is 1. The highest BCUT2D eigenvalue weighted by atomic mass is 16.5. The zero-order valence-corrected chi connectivity index (χ0v) is 10.2. The van der Waals surface area contributed by atoms with Crippen molar-refractivity contribution < 1.29 is 9.53 Å². The molecule has 1 saturated heterocycles. The zero-order valence-electron chi connectivity index (χ0n) is 10.2. The summed E-state index contributed by atoms with van der Waals surface area (Å²) in [4.78, 5) is 11.8. The molecule has 17 heavy (non-hydrogen) atoms. The van der Waals surface area contributed by atoms with Crippen molar-refractivity contribution in [2.45, 2.75) is 38.7 Å². The summed E-state index contributed by atoms with van der Waals surface area (Å²) < 4.78 is 5.86. The summed E-state index contributed by atoms with van der Waals surface area (Å²) in [5.41, 5.74) is 1.16. The van der Waals surface area contributed by atoms with Crippen molar-refractivity contribution in [2.75, 3.05) is 6.54 Å². The third-order valence-electron chi connectivity index (χ3n) is 3.11. The minimum Gasteiger partial charge on any atom is -0.480 e. The van der Waals surface area contributed by atoms with E-state index in [-0.39, 0.29) is 12.0 Å². The lowest BCUT2D eigenvalue weighted by atomic mass is 10.1. The second-order valence-electron chi connectivity index (χ2n) is 4.35. The summed E-state index contributed by atoms with van der Waals surface area (Å²) >= 11 is 0. The van der Waals surface area contributed by atoms with E-state index in [1.54, 1.807) is 0 Å². The van der Waals surface area contributed by atoms with Gasteiger partial charge in [0, 0.05) is 6.54 Å². The van der Waals surface area contributed by atoms with Gasteiger partial charge in [-0.1, -0.05) is 25.1 Å². The monoisotopic (exact) mass is 233 g/mol. The molecule has 0 spiro atoms. The van der Waals surface area contributed by atoms with Crippen LogP contribution in [-0.2, 0) is 11.2 Å². The van der Waals surface area contributed by atoms with E-state index in [1.807, 2.05) is 24.3 Å². The minimum atomic E-state index is -0.329. The Labute approximate surface area is 102 Å². The van der Waals surface area contributed by atoms with Crippen LogP contribution in [0.1, 0.15) is 31.7 Å². The van der Waals surface area contributed by atoms with E-state index in [0.717, 1.165) is 43.5 Å². The molecule has 3 heteroatoms. The Kier molecular flexibility index (Phi) is 4.02. The number of carbonyl (C=O) groups excluding carboxylic acids is 1. The first-order chi connectivity index (χ1) is 8.31. The molecule has 92 valence electrons. The predicted octanol–water partition coefficient (Wildman–Crippen LogP) is 2.30. The molecule has 1 aliphatic rings. The molecule has 1 N–H and O–H groups in total. The van der Waals surface area contributed by atoms with Gasteiger partial charge < -0.3 is 10.1 Å². The molecule has 1 aromatic rings. The van der Waals surface area contributed by atoms with E-state index in [2.05, 4.69) is 12.2 Å². The first kappa shape index (κ1) is 12.0. The molecular formula is C14H19NO2. The SMILES string of the molecule is CCc1ccccc1OC1CCCCNC1=O. The number of carbonyl (C=O) groups is 1. The number of aryl methyl sites for hydroxylation is 1. The quantitative estimate of drug-likeness (QED) is 0.870. The number of amides is 1. The zero-order chi connectivity index (χ0) is 12.1. The average Bonchev–Trinajstić information content (AvgIpc) is 2.56. The summed E-state index contributed by atoms with van der Waals surface area (Å²) in [6, 6.07) is 7.93. The second-order valence-corrected chi connectivity index (χ2v) is 4.35. The molecular weight excluding hydrogens is 214 g/mol. The second kappa shape index (κ2) is 5.71. The first-order valence-electron chi connectivity index (χ1n) is 6.33. The Balaban J connectivity index is 2.10. The maximum absolute atomic E-state index is 11.8. The smallest absolute Gasteiger partial charge is 0.261 e. The summed E-state index contributed by atoms with van der Waals surface area (Å²) in [6.07, 6.45) is 3.48. The Morgan fingerprint density at radius 3 is 3.00 bits per heavy atom. The molecule has 1 atom stereocenters. The Bertz CT molecular complexity index is 390. The predicted molar refractivity (Wildman–Crippen MR) is 67.1 cm³/mol. The molecule has 0 saturated carbocycles. The normalized spacial score (nSPS) is 20.5. The van der Waals surface area contributed by atoms with Crippen LogP contribution in [0.25, 0.3) is 0 Å². The number of ether oxygens (including phenoxy) is 1. The highest BCUT2D eigenvalue weighted by Crippen LogP contribution is 2.21. The van der Waals surface area contributed by atoms with Crippen LogP contribution in [0.5, 0.6) is 5.75 Å². The lowest BCUT2D eigenvalue weighted by Gasteiger charge is -2.17. The van der Waals surface area contributed by atoms with E-state index in [1.165, 1.54) is 0 Å². The van der Waals surface area contributed by atoms with E-state index < -0.39 is 0 Å². The minimum absolute atomic E-state index is 0.0217. The third kappa shape index (κ3) is 2.99. The molecule has 3 nitrogen and oxygen atoms in total. The topological polar surface area (TPSA) is 38.3 Å². The van der Waals surface area contributed by atoms with Crippen LogP contribution in [-0.4, -0.2) is 18.6 Å². The molecule has 0 bridgehead atoms. The number of hydrogen-bond donors (Lipinski definition) is 1. The van der Waals surface area contributed by atoms with Gasteiger partial charge in [-0.2, -0.15) is 0 Å². The Morgan fingerprint density at radius 1 is 1.35 bits per heavy atom. The maximum Gasteiger partial charge on any atom is 0.261 e. The number of nitrogens with one attached hydrogen (secondary N) is 1. The Hall–Kier alpha value is -1.51. The fourth-order valence-electron chi connectivity index (χ4n) is 2.09. The summed E-state index contributed by atoms with van der Waals surface area (Å²) in [7, 11) is 0. The molecule has 1 fully saturated rings. The van der Waals surface area contributed by atoms with Gasteiger partial charge in [-0.25, -0.2) is 0 Å². The van der Waals surface area contributed by atoms with Gasteiger partial charge in [0.1, 0.15) is 5.75 Å². The highest BCUT2D eigenvalue weighted by Gasteiger charge is 2.22. The molecule has 1 heterocycles. The van der Waals surface area contributed by atoms with Crippen molar-refractivity contribution in [3.8, 4) is 5.75 Å². The highest BCUT2D eigenvalue weighted by molar-refractivity contribution is 5.81. The van der Waals surface area contributed by atoms with Gasteiger partial charge in [0.05, 0.1) is 0 Å². The van der Waals surface area contributed by atoms with Crippen molar-refractivity contribution >= 4 is 5.91 Å². The van der Waals surface area contributed by atoms with Crippen LogP contribution in [0.4, 0.5) is 0 Å². The number of rotatable bonds is 3. The van der Waals surface area contributed by atoms with Crippen LogP contribution < -0.4 is 10.1 Å². The van der Waals surface area contributed by atoms with Gasteiger partial charge in [-0.3, -0.25) is 4.79 Å². The summed E-state index contributed by atoms with van der Waals surface area (Å²) in [5, 5.41) is 2.89. The Morgan fingerprint density at radius 2 is 2.18 bits per heavy atom. The van der Waals surface area contributed by atoms with Crippen molar-refractivity contribution in [3.05, 3.63) is 29.8 Å². The van der Waals surface area contributed by atoms with Gasteiger partial charge in [-0.15, -0.1) is 0 Å². The lowest BCUT2D eigenvalue weighted by Crippen LogP contribution is -2.36. The first-order valence-corrected chi connectivity index (χ1v) is 6.33. The lowest BCUT2D eigenvalue weighted by molar-refractivity contribution is -0.127. The van der Waals surface area contributed by atoms with Crippen molar-refractivity contribution in [1.82, 2.24) is 5.32 Å². The van der Waals surface area contributed by atoms with E-state index >= 15 is 0 Å². The molecule has 0 aliphatic carbocycles. The van der Waals surface area contributed by atoms with Gasteiger partial charge in [-0.05, 0) is 37.3 Å². The molecule has 1 amide bonds. The number of para-hydroxylation sites is 1. The van der Waals surface area contributed by atoms with E-state index in [4.69, 9.17) is 4.74 Å². The molecule has 1 aliphatic heterocycles. The molecule has 1 aromatic carbocycles. The van der Waals surface area contributed by atoms with Crippen LogP contribution in [0.2, 0.25) is 0 Å². The van der Waals surface area contributed by atoms with Crippen molar-refractivity contribution in [3.63, 3.8) is 0 Å². The van der Waals surface area contributed by atoms with Crippen LogP contribution >= 0.6 is 0 Å².